The minimum Gasteiger partial charge on any atom is -0.478 e. The standard InChI is InChI=1S/C11H14N4O4/c12-7-1-3-14(4-2-7)10-9(11(16)17)5-8(6-13-10)15(18)19/h5-7H,1-4,12H2,(H,16,17). The molecule has 1 aliphatic heterocycles. The van der Waals surface area contributed by atoms with E-state index in [-0.39, 0.29) is 23.1 Å². The Balaban J connectivity index is 2.34. The first-order valence-corrected chi connectivity index (χ1v) is 5.87. The number of piperidine rings is 1. The maximum atomic E-state index is 11.2. The summed E-state index contributed by atoms with van der Waals surface area (Å²) < 4.78 is 0. The van der Waals surface area contributed by atoms with Crippen molar-refractivity contribution >= 4 is 17.5 Å². The maximum absolute atomic E-state index is 11.2. The van der Waals surface area contributed by atoms with Gasteiger partial charge in [0, 0.05) is 25.2 Å². The van der Waals surface area contributed by atoms with Crippen LogP contribution in [0.1, 0.15) is 23.2 Å². The lowest BCUT2D eigenvalue weighted by molar-refractivity contribution is -0.385. The van der Waals surface area contributed by atoms with Gasteiger partial charge in [-0.1, -0.05) is 0 Å². The molecule has 0 spiro atoms. The highest BCUT2D eigenvalue weighted by atomic mass is 16.6. The number of aromatic nitrogens is 1. The van der Waals surface area contributed by atoms with Gasteiger partial charge in [0.15, 0.2) is 0 Å². The predicted octanol–water partition coefficient (Wildman–Crippen LogP) is 0.615. The van der Waals surface area contributed by atoms with E-state index in [0.717, 1.165) is 25.1 Å². The van der Waals surface area contributed by atoms with E-state index in [0.29, 0.717) is 13.1 Å². The Morgan fingerprint density at radius 1 is 1.53 bits per heavy atom. The zero-order chi connectivity index (χ0) is 14.0. The Morgan fingerprint density at radius 2 is 2.16 bits per heavy atom. The van der Waals surface area contributed by atoms with Gasteiger partial charge in [0.1, 0.15) is 17.6 Å². The van der Waals surface area contributed by atoms with Crippen LogP contribution in [0.25, 0.3) is 0 Å². The summed E-state index contributed by atoms with van der Waals surface area (Å²) in [5.41, 5.74) is 5.31. The largest absolute Gasteiger partial charge is 0.478 e. The smallest absolute Gasteiger partial charge is 0.339 e. The third kappa shape index (κ3) is 2.79. The van der Waals surface area contributed by atoms with Crippen molar-refractivity contribution in [2.75, 3.05) is 18.0 Å². The number of hydrogen-bond acceptors (Lipinski definition) is 6. The van der Waals surface area contributed by atoms with Gasteiger partial charge in [-0.2, -0.15) is 0 Å². The van der Waals surface area contributed by atoms with Crippen LogP contribution in [0.2, 0.25) is 0 Å². The van der Waals surface area contributed by atoms with E-state index in [1.54, 1.807) is 4.90 Å². The highest BCUT2D eigenvalue weighted by Crippen LogP contribution is 2.25. The van der Waals surface area contributed by atoms with Crippen molar-refractivity contribution in [3.8, 4) is 0 Å². The highest BCUT2D eigenvalue weighted by Gasteiger charge is 2.24. The molecule has 8 nitrogen and oxygen atoms in total. The van der Waals surface area contributed by atoms with Gasteiger partial charge in [-0.05, 0) is 12.8 Å². The van der Waals surface area contributed by atoms with Crippen LogP contribution < -0.4 is 10.6 Å². The van der Waals surface area contributed by atoms with Gasteiger partial charge in [-0.3, -0.25) is 10.1 Å². The quantitative estimate of drug-likeness (QED) is 0.607. The molecule has 1 aliphatic rings. The number of carbonyl (C=O) groups is 1. The molecule has 19 heavy (non-hydrogen) atoms. The number of nitro groups is 1. The van der Waals surface area contributed by atoms with Gasteiger partial charge in [-0.15, -0.1) is 0 Å². The molecule has 1 aromatic heterocycles. The summed E-state index contributed by atoms with van der Waals surface area (Å²) in [6.07, 6.45) is 2.58. The Kier molecular flexibility index (Phi) is 3.61. The number of aromatic carboxylic acids is 1. The van der Waals surface area contributed by atoms with Crippen molar-refractivity contribution in [2.45, 2.75) is 18.9 Å². The molecule has 8 heteroatoms. The number of hydrogen-bond donors (Lipinski definition) is 2. The molecular weight excluding hydrogens is 252 g/mol. The number of anilines is 1. The Morgan fingerprint density at radius 3 is 2.68 bits per heavy atom. The lowest BCUT2D eigenvalue weighted by atomic mass is 10.1. The first-order valence-electron chi connectivity index (χ1n) is 5.87. The van der Waals surface area contributed by atoms with Crippen LogP contribution >= 0.6 is 0 Å². The molecule has 1 fully saturated rings. The molecular formula is C11H14N4O4. The molecule has 0 unspecified atom stereocenters. The van der Waals surface area contributed by atoms with Gasteiger partial charge in [0.25, 0.3) is 5.69 Å². The SMILES string of the molecule is NC1CCN(c2ncc([N+](=O)[O-])cc2C(=O)O)CC1. The lowest BCUT2D eigenvalue weighted by Crippen LogP contribution is -2.40. The summed E-state index contributed by atoms with van der Waals surface area (Å²) >= 11 is 0. The zero-order valence-electron chi connectivity index (χ0n) is 10.2. The van der Waals surface area contributed by atoms with Crippen molar-refractivity contribution in [2.24, 2.45) is 5.73 Å². The monoisotopic (exact) mass is 266 g/mol. The second kappa shape index (κ2) is 5.19. The normalized spacial score (nSPS) is 16.4. The van der Waals surface area contributed by atoms with Crippen molar-refractivity contribution in [3.63, 3.8) is 0 Å². The molecule has 1 aromatic rings. The van der Waals surface area contributed by atoms with Gasteiger partial charge in [0.2, 0.25) is 0 Å². The Bertz CT molecular complexity index is 511. The second-order valence-electron chi connectivity index (χ2n) is 4.45. The molecule has 0 amide bonds. The lowest BCUT2D eigenvalue weighted by Gasteiger charge is -2.31. The van der Waals surface area contributed by atoms with Crippen molar-refractivity contribution in [3.05, 3.63) is 27.9 Å². The third-order valence-electron chi connectivity index (χ3n) is 3.13. The van der Waals surface area contributed by atoms with Crippen LogP contribution in [0.3, 0.4) is 0 Å². The highest BCUT2D eigenvalue weighted by molar-refractivity contribution is 5.94. The summed E-state index contributed by atoms with van der Waals surface area (Å²) in [7, 11) is 0. The van der Waals surface area contributed by atoms with Gasteiger partial charge < -0.3 is 15.7 Å². The Hall–Kier alpha value is -2.22. The number of carboxylic acids is 1. The maximum Gasteiger partial charge on any atom is 0.339 e. The first-order chi connectivity index (χ1) is 8.99. The number of pyridine rings is 1. The van der Waals surface area contributed by atoms with Gasteiger partial charge in [0.05, 0.1) is 4.92 Å². The van der Waals surface area contributed by atoms with E-state index in [2.05, 4.69) is 4.98 Å². The van der Waals surface area contributed by atoms with Gasteiger partial charge >= 0.3 is 5.97 Å². The van der Waals surface area contributed by atoms with Crippen molar-refractivity contribution in [1.82, 2.24) is 4.98 Å². The molecule has 0 atom stereocenters. The molecule has 1 saturated heterocycles. The molecule has 0 aliphatic carbocycles. The van der Waals surface area contributed by atoms with Crippen LogP contribution in [-0.4, -0.2) is 40.1 Å². The van der Waals surface area contributed by atoms with Crippen LogP contribution in [0.15, 0.2) is 12.3 Å². The van der Waals surface area contributed by atoms with E-state index >= 15 is 0 Å². The number of rotatable bonds is 3. The summed E-state index contributed by atoms with van der Waals surface area (Å²) in [4.78, 5) is 26.9. The number of carboxylic acid groups (broad SMARTS) is 1. The summed E-state index contributed by atoms with van der Waals surface area (Å²) in [5.74, 6) is -0.953. The topological polar surface area (TPSA) is 123 Å². The molecule has 0 bridgehead atoms. The van der Waals surface area contributed by atoms with Crippen LogP contribution in [0, 0.1) is 10.1 Å². The molecule has 102 valence electrons. The summed E-state index contributed by atoms with van der Waals surface area (Å²) in [6, 6.07) is 1.15. The molecule has 0 aromatic carbocycles. The van der Waals surface area contributed by atoms with Crippen molar-refractivity contribution < 1.29 is 14.8 Å². The van der Waals surface area contributed by atoms with E-state index in [1.165, 1.54) is 0 Å². The second-order valence-corrected chi connectivity index (χ2v) is 4.45. The minimum atomic E-state index is -1.22. The molecule has 0 saturated carbocycles. The third-order valence-corrected chi connectivity index (χ3v) is 3.13. The number of nitrogens with zero attached hydrogens (tertiary/aromatic N) is 3. The van der Waals surface area contributed by atoms with Crippen LogP contribution in [0.5, 0.6) is 0 Å². The molecule has 2 heterocycles. The zero-order valence-corrected chi connectivity index (χ0v) is 10.2. The van der Waals surface area contributed by atoms with E-state index in [4.69, 9.17) is 10.8 Å². The van der Waals surface area contributed by atoms with Crippen molar-refractivity contribution in [1.29, 1.82) is 0 Å². The molecule has 3 N–H and O–H groups in total. The summed E-state index contributed by atoms with van der Waals surface area (Å²) in [5, 5.41) is 19.8. The van der Waals surface area contributed by atoms with Crippen LogP contribution in [0.4, 0.5) is 11.5 Å². The number of nitrogens with two attached hydrogens (primary N) is 1. The first kappa shape index (κ1) is 13.2. The minimum absolute atomic E-state index is 0.113. The van der Waals surface area contributed by atoms with E-state index < -0.39 is 10.9 Å². The fraction of sp³-hybridized carbons (Fsp3) is 0.455. The average molecular weight is 266 g/mol. The fourth-order valence-corrected chi connectivity index (χ4v) is 2.07. The molecule has 0 radical (unpaired) electrons. The summed E-state index contributed by atoms with van der Waals surface area (Å²) in [6.45, 7) is 1.21. The Labute approximate surface area is 109 Å². The average Bonchev–Trinajstić information content (AvgIpc) is 2.38. The van der Waals surface area contributed by atoms with Gasteiger partial charge in [-0.25, -0.2) is 9.78 Å². The fourth-order valence-electron chi connectivity index (χ4n) is 2.07. The van der Waals surface area contributed by atoms with E-state index in [9.17, 15) is 14.9 Å². The molecule has 2 rings (SSSR count). The predicted molar refractivity (Wildman–Crippen MR) is 67.3 cm³/mol. The van der Waals surface area contributed by atoms with E-state index in [1.807, 2.05) is 0 Å². The van der Waals surface area contributed by atoms with Crippen LogP contribution in [-0.2, 0) is 0 Å².